The summed E-state index contributed by atoms with van der Waals surface area (Å²) in [4.78, 5) is 6.13. The van der Waals surface area contributed by atoms with Crippen molar-refractivity contribution in [2.75, 3.05) is 0 Å². The molecule has 0 fully saturated rings. The second-order valence-electron chi connectivity index (χ2n) is 6.64. The average Bonchev–Trinajstić information content (AvgIpc) is 3.18. The smallest absolute Gasteiger partial charge is 0.423 e. The van der Waals surface area contributed by atoms with E-state index in [1.54, 1.807) is 23.5 Å². The molecule has 0 bridgehead atoms. The summed E-state index contributed by atoms with van der Waals surface area (Å²) >= 11 is 1.68. The molecule has 4 aromatic rings. The van der Waals surface area contributed by atoms with Crippen LogP contribution in [0, 0.1) is 0 Å². The minimum atomic E-state index is -1.45. The molecule has 4 rings (SSSR count). The van der Waals surface area contributed by atoms with Crippen molar-refractivity contribution in [3.63, 3.8) is 0 Å². The van der Waals surface area contributed by atoms with Gasteiger partial charge >= 0.3 is 7.12 Å². The van der Waals surface area contributed by atoms with E-state index in [0.717, 1.165) is 29.1 Å². The topological polar surface area (TPSA) is 53.4 Å². The van der Waals surface area contributed by atoms with Crippen molar-refractivity contribution < 1.29 is 10.0 Å². The molecule has 0 aliphatic heterocycles. The lowest BCUT2D eigenvalue weighted by molar-refractivity contribution is 0.426. The molecule has 3 nitrogen and oxygen atoms in total. The van der Waals surface area contributed by atoms with Gasteiger partial charge in [0.05, 0.1) is 10.6 Å². The summed E-state index contributed by atoms with van der Waals surface area (Å²) in [5, 5.41) is 19.6. The first-order chi connectivity index (χ1) is 13.7. The Hall–Kier alpha value is -2.73. The summed E-state index contributed by atoms with van der Waals surface area (Å²) in [5.74, 6) is 0. The van der Waals surface area contributed by atoms with Gasteiger partial charge in [-0.05, 0) is 29.4 Å². The maximum Gasteiger partial charge on any atom is 0.488 e. The highest BCUT2D eigenvalue weighted by Crippen LogP contribution is 2.36. The standard InChI is InChI=1S/C23H20BNO2S/c26-24(27)20-14-12-19(13-15-20)23-25-21(16-11-17-7-3-1-4-8-17)22(28-23)18-9-5-2-6-10-18/h1-10,12-15,26-27H,11,16H2. The highest BCUT2D eigenvalue weighted by molar-refractivity contribution is 7.18. The van der Waals surface area contributed by atoms with E-state index in [9.17, 15) is 10.0 Å². The van der Waals surface area contributed by atoms with Crippen molar-refractivity contribution in [1.82, 2.24) is 4.98 Å². The van der Waals surface area contributed by atoms with Crippen LogP contribution in [0.5, 0.6) is 0 Å². The van der Waals surface area contributed by atoms with Crippen molar-refractivity contribution in [3.05, 3.63) is 96.2 Å². The van der Waals surface area contributed by atoms with Crippen LogP contribution in [0.25, 0.3) is 21.0 Å². The second-order valence-corrected chi connectivity index (χ2v) is 7.64. The first-order valence-corrected chi connectivity index (χ1v) is 10.1. The molecule has 0 spiro atoms. The molecule has 28 heavy (non-hydrogen) atoms. The van der Waals surface area contributed by atoms with Crippen LogP contribution in [-0.2, 0) is 12.8 Å². The minimum Gasteiger partial charge on any atom is -0.423 e. The molecule has 2 N–H and O–H groups in total. The monoisotopic (exact) mass is 385 g/mol. The fourth-order valence-corrected chi connectivity index (χ4v) is 4.29. The van der Waals surface area contributed by atoms with Crippen LogP contribution in [0.2, 0.25) is 0 Å². The van der Waals surface area contributed by atoms with E-state index in [0.29, 0.717) is 5.46 Å². The molecule has 0 saturated carbocycles. The summed E-state index contributed by atoms with van der Waals surface area (Å²) in [6, 6.07) is 28.1. The Morgan fingerprint density at radius 1 is 0.714 bits per heavy atom. The number of benzene rings is 3. The van der Waals surface area contributed by atoms with E-state index in [2.05, 4.69) is 36.4 Å². The van der Waals surface area contributed by atoms with Crippen molar-refractivity contribution in [1.29, 1.82) is 0 Å². The maximum atomic E-state index is 9.30. The van der Waals surface area contributed by atoms with Gasteiger partial charge in [0.15, 0.2) is 0 Å². The molecular weight excluding hydrogens is 365 g/mol. The minimum absolute atomic E-state index is 0.480. The first kappa shape index (κ1) is 18.6. The summed E-state index contributed by atoms with van der Waals surface area (Å²) < 4.78 is 0. The highest BCUT2D eigenvalue weighted by atomic mass is 32.1. The summed E-state index contributed by atoms with van der Waals surface area (Å²) in [5.41, 5.74) is 5.04. The quantitative estimate of drug-likeness (QED) is 0.495. The number of rotatable bonds is 6. The van der Waals surface area contributed by atoms with Crippen LogP contribution in [0.15, 0.2) is 84.9 Å². The van der Waals surface area contributed by atoms with Crippen molar-refractivity contribution in [3.8, 4) is 21.0 Å². The fourth-order valence-electron chi connectivity index (χ4n) is 3.16. The third-order valence-corrected chi connectivity index (χ3v) is 5.88. The number of nitrogens with zero attached hydrogens (tertiary/aromatic N) is 1. The second kappa shape index (κ2) is 8.53. The third kappa shape index (κ3) is 4.23. The summed E-state index contributed by atoms with van der Waals surface area (Å²) in [7, 11) is -1.45. The molecule has 5 heteroatoms. The number of hydrogen-bond acceptors (Lipinski definition) is 4. The Morgan fingerprint density at radius 2 is 1.36 bits per heavy atom. The molecule has 0 saturated heterocycles. The molecule has 0 aliphatic carbocycles. The lowest BCUT2D eigenvalue weighted by atomic mass is 9.80. The van der Waals surface area contributed by atoms with Crippen molar-refractivity contribution in [2.45, 2.75) is 12.8 Å². The van der Waals surface area contributed by atoms with Gasteiger partial charge < -0.3 is 10.0 Å². The molecule has 3 aromatic carbocycles. The van der Waals surface area contributed by atoms with E-state index in [1.165, 1.54) is 16.0 Å². The SMILES string of the molecule is OB(O)c1ccc(-c2nc(CCc3ccccc3)c(-c3ccccc3)s2)cc1. The zero-order valence-electron chi connectivity index (χ0n) is 15.3. The largest absolute Gasteiger partial charge is 0.488 e. The van der Waals surface area contributed by atoms with Gasteiger partial charge in [0, 0.05) is 5.56 Å². The predicted molar refractivity (Wildman–Crippen MR) is 117 cm³/mol. The van der Waals surface area contributed by atoms with E-state index < -0.39 is 7.12 Å². The molecule has 0 aliphatic rings. The Bertz CT molecular complexity index is 1030. The van der Waals surface area contributed by atoms with Crippen molar-refractivity contribution >= 4 is 23.9 Å². The molecular formula is C23H20BNO2S. The average molecular weight is 385 g/mol. The van der Waals surface area contributed by atoms with E-state index in [1.807, 2.05) is 36.4 Å². The number of thiazole rings is 1. The normalized spacial score (nSPS) is 10.8. The molecule has 0 radical (unpaired) electrons. The van der Waals surface area contributed by atoms with Gasteiger partial charge in [0.25, 0.3) is 0 Å². The van der Waals surface area contributed by atoms with Gasteiger partial charge in [-0.15, -0.1) is 11.3 Å². The predicted octanol–water partition coefficient (Wildman–Crippen LogP) is 3.94. The summed E-state index contributed by atoms with van der Waals surface area (Å²) in [6.07, 6.45) is 1.82. The number of aryl methyl sites for hydroxylation is 2. The molecule has 0 amide bonds. The van der Waals surface area contributed by atoms with Crippen LogP contribution in [0.3, 0.4) is 0 Å². The van der Waals surface area contributed by atoms with E-state index >= 15 is 0 Å². The molecule has 0 atom stereocenters. The van der Waals surface area contributed by atoms with Crippen molar-refractivity contribution in [2.24, 2.45) is 0 Å². The maximum absolute atomic E-state index is 9.30. The summed E-state index contributed by atoms with van der Waals surface area (Å²) in [6.45, 7) is 0. The Kier molecular flexibility index (Phi) is 5.67. The molecule has 0 unspecified atom stereocenters. The fraction of sp³-hybridized carbons (Fsp3) is 0.0870. The van der Waals surface area contributed by atoms with Gasteiger partial charge in [-0.3, -0.25) is 0 Å². The van der Waals surface area contributed by atoms with Crippen LogP contribution in [0.4, 0.5) is 0 Å². The van der Waals surface area contributed by atoms with Crippen LogP contribution < -0.4 is 5.46 Å². The first-order valence-electron chi connectivity index (χ1n) is 9.26. The molecule has 1 aromatic heterocycles. The lowest BCUT2D eigenvalue weighted by Crippen LogP contribution is -2.29. The number of hydrogen-bond donors (Lipinski definition) is 2. The third-order valence-electron chi connectivity index (χ3n) is 4.68. The zero-order chi connectivity index (χ0) is 19.3. The van der Waals surface area contributed by atoms with E-state index in [-0.39, 0.29) is 0 Å². The van der Waals surface area contributed by atoms with Gasteiger partial charge in [0.1, 0.15) is 5.01 Å². The Labute approximate surface area is 169 Å². The number of aromatic nitrogens is 1. The van der Waals surface area contributed by atoms with Crippen LogP contribution >= 0.6 is 11.3 Å². The molecule has 1 heterocycles. The Morgan fingerprint density at radius 3 is 2.00 bits per heavy atom. The Balaban J connectivity index is 1.67. The highest BCUT2D eigenvalue weighted by Gasteiger charge is 2.16. The molecule has 138 valence electrons. The van der Waals surface area contributed by atoms with Gasteiger partial charge in [-0.2, -0.15) is 0 Å². The van der Waals surface area contributed by atoms with Gasteiger partial charge in [-0.25, -0.2) is 4.98 Å². The van der Waals surface area contributed by atoms with Crippen LogP contribution in [0.1, 0.15) is 11.3 Å². The van der Waals surface area contributed by atoms with Crippen LogP contribution in [-0.4, -0.2) is 22.2 Å². The van der Waals surface area contributed by atoms with Gasteiger partial charge in [-0.1, -0.05) is 84.9 Å². The van der Waals surface area contributed by atoms with E-state index in [4.69, 9.17) is 4.98 Å². The van der Waals surface area contributed by atoms with Gasteiger partial charge in [0.2, 0.25) is 0 Å². The lowest BCUT2D eigenvalue weighted by Gasteiger charge is -2.03. The zero-order valence-corrected chi connectivity index (χ0v) is 16.1.